The van der Waals surface area contributed by atoms with E-state index < -0.39 is 0 Å². The molecule has 3 nitrogen and oxygen atoms in total. The van der Waals surface area contributed by atoms with Gasteiger partial charge < -0.3 is 4.90 Å². The van der Waals surface area contributed by atoms with E-state index in [4.69, 9.17) is 11.6 Å². The summed E-state index contributed by atoms with van der Waals surface area (Å²) in [5.41, 5.74) is 1.04. The maximum Gasteiger partial charge on any atom is 0.137 e. The normalized spacial score (nSPS) is 12.5. The van der Waals surface area contributed by atoms with E-state index in [2.05, 4.69) is 42.0 Å². The van der Waals surface area contributed by atoms with Gasteiger partial charge in [-0.3, -0.25) is 0 Å². The van der Waals surface area contributed by atoms with Gasteiger partial charge in [0.2, 0.25) is 0 Å². The third kappa shape index (κ3) is 3.49. The molecule has 0 aliphatic carbocycles. The van der Waals surface area contributed by atoms with Crippen LogP contribution in [0.1, 0.15) is 25.8 Å². The van der Waals surface area contributed by atoms with Crippen molar-refractivity contribution >= 4 is 29.2 Å². The van der Waals surface area contributed by atoms with Crippen LogP contribution in [-0.4, -0.2) is 35.1 Å². The van der Waals surface area contributed by atoms with Crippen molar-refractivity contribution in [2.24, 2.45) is 0 Å². The lowest BCUT2D eigenvalue weighted by molar-refractivity contribution is 0.661. The van der Waals surface area contributed by atoms with E-state index in [1.807, 2.05) is 11.8 Å². The molecular formula is C12H20ClN3S. The molecule has 0 saturated heterocycles. The van der Waals surface area contributed by atoms with Gasteiger partial charge in [0.15, 0.2) is 0 Å². The van der Waals surface area contributed by atoms with E-state index in [0.29, 0.717) is 11.2 Å². The van der Waals surface area contributed by atoms with E-state index >= 15 is 0 Å². The predicted molar refractivity (Wildman–Crippen MR) is 77.3 cm³/mol. The summed E-state index contributed by atoms with van der Waals surface area (Å²) in [5, 5.41) is 0.573. The van der Waals surface area contributed by atoms with Crippen LogP contribution in [0.15, 0.2) is 6.33 Å². The summed E-state index contributed by atoms with van der Waals surface area (Å²) >= 11 is 7.97. The molecule has 0 bridgehead atoms. The van der Waals surface area contributed by atoms with Crippen LogP contribution in [0.3, 0.4) is 0 Å². The molecule has 1 aromatic rings. The van der Waals surface area contributed by atoms with Crippen molar-refractivity contribution in [2.75, 3.05) is 24.0 Å². The highest BCUT2D eigenvalue weighted by atomic mass is 35.5. The van der Waals surface area contributed by atoms with Gasteiger partial charge in [0.05, 0.1) is 0 Å². The molecule has 96 valence electrons. The van der Waals surface area contributed by atoms with Crippen LogP contribution in [0.2, 0.25) is 5.15 Å². The first-order valence-electron chi connectivity index (χ1n) is 5.86. The Bertz CT molecular complexity index is 360. The largest absolute Gasteiger partial charge is 0.356 e. The van der Waals surface area contributed by atoms with Crippen LogP contribution in [-0.2, 0) is 6.42 Å². The Morgan fingerprint density at radius 2 is 2.12 bits per heavy atom. The topological polar surface area (TPSA) is 29.0 Å². The number of halogens is 1. The van der Waals surface area contributed by atoms with Gasteiger partial charge in [-0.2, -0.15) is 11.8 Å². The first-order valence-corrected chi connectivity index (χ1v) is 7.63. The number of nitrogens with zero attached hydrogens (tertiary/aromatic N) is 3. The monoisotopic (exact) mass is 273 g/mol. The lowest BCUT2D eigenvalue weighted by atomic mass is 10.2. The van der Waals surface area contributed by atoms with Crippen molar-refractivity contribution in [1.29, 1.82) is 0 Å². The van der Waals surface area contributed by atoms with Crippen LogP contribution in [0.5, 0.6) is 0 Å². The molecule has 1 rings (SSSR count). The van der Waals surface area contributed by atoms with Crippen molar-refractivity contribution in [3.05, 3.63) is 17.0 Å². The second-order valence-electron chi connectivity index (χ2n) is 3.95. The van der Waals surface area contributed by atoms with E-state index in [9.17, 15) is 0 Å². The third-order valence-corrected chi connectivity index (χ3v) is 3.98. The first-order chi connectivity index (χ1) is 8.15. The molecule has 0 N–H and O–H groups in total. The predicted octanol–water partition coefficient (Wildman–Crippen LogP) is 3.27. The summed E-state index contributed by atoms with van der Waals surface area (Å²) in [6.45, 7) is 4.28. The number of hydrogen-bond donors (Lipinski definition) is 0. The van der Waals surface area contributed by atoms with Gasteiger partial charge in [-0.25, -0.2) is 9.97 Å². The van der Waals surface area contributed by atoms with Crippen molar-refractivity contribution in [3.8, 4) is 0 Å². The molecule has 0 amide bonds. The molecule has 0 aliphatic rings. The summed E-state index contributed by atoms with van der Waals surface area (Å²) in [7, 11) is 2.09. The Morgan fingerprint density at radius 3 is 2.65 bits per heavy atom. The zero-order valence-electron chi connectivity index (χ0n) is 10.9. The number of aromatic nitrogens is 2. The van der Waals surface area contributed by atoms with Gasteiger partial charge in [0.25, 0.3) is 0 Å². The second kappa shape index (κ2) is 7.07. The Hall–Kier alpha value is -0.480. The Kier molecular flexibility index (Phi) is 6.06. The minimum absolute atomic E-state index is 0.487. The van der Waals surface area contributed by atoms with E-state index in [1.54, 1.807) is 6.33 Å². The lowest BCUT2D eigenvalue weighted by Gasteiger charge is -2.29. The molecule has 1 atom stereocenters. The highest BCUT2D eigenvalue weighted by molar-refractivity contribution is 7.98. The number of rotatable bonds is 6. The lowest BCUT2D eigenvalue weighted by Crippen LogP contribution is -2.34. The van der Waals surface area contributed by atoms with Crippen molar-refractivity contribution < 1.29 is 0 Å². The zero-order valence-corrected chi connectivity index (χ0v) is 12.5. The van der Waals surface area contributed by atoms with Gasteiger partial charge in [0.1, 0.15) is 17.3 Å². The van der Waals surface area contributed by atoms with Gasteiger partial charge >= 0.3 is 0 Å². The van der Waals surface area contributed by atoms with Gasteiger partial charge in [-0.15, -0.1) is 0 Å². The highest BCUT2D eigenvalue weighted by Gasteiger charge is 2.18. The molecule has 1 heterocycles. The molecule has 17 heavy (non-hydrogen) atoms. The summed E-state index contributed by atoms with van der Waals surface area (Å²) < 4.78 is 0. The van der Waals surface area contributed by atoms with Gasteiger partial charge in [-0.1, -0.05) is 25.4 Å². The SMILES string of the molecule is CCc1c(Cl)ncnc1N(C)C(CC)CSC. The Morgan fingerprint density at radius 1 is 1.41 bits per heavy atom. The summed E-state index contributed by atoms with van der Waals surface area (Å²) in [6, 6.07) is 0.487. The Labute approximate surface area is 113 Å². The average Bonchev–Trinajstić information content (AvgIpc) is 2.34. The molecule has 0 fully saturated rings. The molecule has 0 spiro atoms. The molecule has 1 unspecified atom stereocenters. The van der Waals surface area contributed by atoms with E-state index in [0.717, 1.165) is 30.0 Å². The Balaban J connectivity index is 3.01. The number of anilines is 1. The average molecular weight is 274 g/mol. The maximum atomic E-state index is 6.12. The molecule has 0 aliphatic heterocycles. The quantitative estimate of drug-likeness (QED) is 0.744. The smallest absolute Gasteiger partial charge is 0.137 e. The van der Waals surface area contributed by atoms with Crippen LogP contribution >= 0.6 is 23.4 Å². The molecule has 5 heteroatoms. The summed E-state index contributed by atoms with van der Waals surface area (Å²) in [5.74, 6) is 2.06. The van der Waals surface area contributed by atoms with Crippen molar-refractivity contribution in [3.63, 3.8) is 0 Å². The fourth-order valence-corrected chi connectivity index (χ4v) is 2.96. The fraction of sp³-hybridized carbons (Fsp3) is 0.667. The highest BCUT2D eigenvalue weighted by Crippen LogP contribution is 2.25. The van der Waals surface area contributed by atoms with Crippen LogP contribution in [0, 0.1) is 0 Å². The number of hydrogen-bond acceptors (Lipinski definition) is 4. The van der Waals surface area contributed by atoms with Crippen molar-refractivity contribution in [2.45, 2.75) is 32.7 Å². The second-order valence-corrected chi connectivity index (χ2v) is 5.22. The summed E-state index contributed by atoms with van der Waals surface area (Å²) in [6.07, 6.45) is 5.63. The maximum absolute atomic E-state index is 6.12. The molecular weight excluding hydrogens is 254 g/mol. The summed E-state index contributed by atoms with van der Waals surface area (Å²) in [4.78, 5) is 10.7. The van der Waals surface area contributed by atoms with E-state index in [1.165, 1.54) is 0 Å². The standard InChI is InChI=1S/C12H20ClN3S/c1-5-9(7-17-4)16(3)12-10(6-2)11(13)14-8-15-12/h8-9H,5-7H2,1-4H3. The molecule has 0 saturated carbocycles. The number of thioether (sulfide) groups is 1. The van der Waals surface area contributed by atoms with Crippen LogP contribution in [0.4, 0.5) is 5.82 Å². The molecule has 0 radical (unpaired) electrons. The first kappa shape index (κ1) is 14.6. The molecule has 1 aromatic heterocycles. The van der Waals surface area contributed by atoms with Crippen LogP contribution in [0.25, 0.3) is 0 Å². The molecule has 0 aromatic carbocycles. The fourth-order valence-electron chi connectivity index (χ4n) is 1.86. The third-order valence-electron chi connectivity index (χ3n) is 2.94. The van der Waals surface area contributed by atoms with Crippen molar-refractivity contribution in [1.82, 2.24) is 9.97 Å². The van der Waals surface area contributed by atoms with Crippen LogP contribution < -0.4 is 4.90 Å². The van der Waals surface area contributed by atoms with Gasteiger partial charge in [-0.05, 0) is 19.1 Å². The minimum atomic E-state index is 0.487. The van der Waals surface area contributed by atoms with Gasteiger partial charge in [0, 0.05) is 24.4 Å². The zero-order chi connectivity index (χ0) is 12.8. The minimum Gasteiger partial charge on any atom is -0.356 e. The van der Waals surface area contributed by atoms with E-state index in [-0.39, 0.29) is 0 Å².